The molecule has 1 atom stereocenters. The molecule has 1 saturated heterocycles. The van der Waals surface area contributed by atoms with Gasteiger partial charge in [-0.1, -0.05) is 12.1 Å². The summed E-state index contributed by atoms with van der Waals surface area (Å²) in [7, 11) is 1.59. The van der Waals surface area contributed by atoms with Crippen LogP contribution in [-0.4, -0.2) is 47.9 Å². The van der Waals surface area contributed by atoms with E-state index >= 15 is 0 Å². The van der Waals surface area contributed by atoms with Crippen LogP contribution in [0.25, 0.3) is 11.0 Å². The maximum absolute atomic E-state index is 12.0. The van der Waals surface area contributed by atoms with Crippen molar-refractivity contribution in [2.75, 3.05) is 25.1 Å². The molecule has 2 heterocycles. The second-order valence-electron chi connectivity index (χ2n) is 7.12. The minimum Gasteiger partial charge on any atom is -0.478 e. The van der Waals surface area contributed by atoms with Gasteiger partial charge in [-0.15, -0.1) is 0 Å². The van der Waals surface area contributed by atoms with Crippen LogP contribution in [-0.2, 0) is 4.74 Å². The Morgan fingerprint density at radius 1 is 1.24 bits per heavy atom. The summed E-state index contributed by atoms with van der Waals surface area (Å²) >= 11 is 0. The van der Waals surface area contributed by atoms with Crippen LogP contribution in [0.4, 0.5) is 10.6 Å². The van der Waals surface area contributed by atoms with E-state index in [1.807, 2.05) is 45.0 Å². The Labute approximate surface area is 147 Å². The lowest BCUT2D eigenvalue weighted by Gasteiger charge is -2.22. The fourth-order valence-electron chi connectivity index (χ4n) is 2.86. The van der Waals surface area contributed by atoms with Crippen LogP contribution >= 0.6 is 0 Å². The lowest BCUT2D eigenvalue weighted by Crippen LogP contribution is -2.40. The van der Waals surface area contributed by atoms with Crippen LogP contribution in [0.15, 0.2) is 24.3 Å². The van der Waals surface area contributed by atoms with Crippen LogP contribution in [0.3, 0.4) is 0 Å². The first-order chi connectivity index (χ1) is 11.9. The average molecular weight is 344 g/mol. The van der Waals surface area contributed by atoms with Gasteiger partial charge in [0.2, 0.25) is 0 Å². The van der Waals surface area contributed by atoms with Gasteiger partial charge in [-0.3, -0.25) is 0 Å². The van der Waals surface area contributed by atoms with Gasteiger partial charge in [0.05, 0.1) is 24.2 Å². The third-order valence-electron chi connectivity index (χ3n) is 3.92. The summed E-state index contributed by atoms with van der Waals surface area (Å²) in [5.74, 6) is 1.20. The fraction of sp³-hybridized carbons (Fsp3) is 0.500. The van der Waals surface area contributed by atoms with E-state index < -0.39 is 11.7 Å². The maximum Gasteiger partial charge on any atom is 0.407 e. The lowest BCUT2D eigenvalue weighted by molar-refractivity contribution is 0.0509. The van der Waals surface area contributed by atoms with Crippen molar-refractivity contribution in [3.63, 3.8) is 0 Å². The molecule has 134 valence electrons. The third kappa shape index (κ3) is 4.10. The highest BCUT2D eigenvalue weighted by molar-refractivity contribution is 5.77. The number of anilines is 1. The van der Waals surface area contributed by atoms with Crippen LogP contribution in [0, 0.1) is 0 Å². The van der Waals surface area contributed by atoms with Gasteiger partial charge < -0.3 is 19.7 Å². The van der Waals surface area contributed by atoms with Crippen molar-refractivity contribution in [1.29, 1.82) is 0 Å². The van der Waals surface area contributed by atoms with E-state index in [0.29, 0.717) is 18.2 Å². The Balaban J connectivity index is 1.73. The largest absolute Gasteiger partial charge is 0.478 e. The van der Waals surface area contributed by atoms with Gasteiger partial charge in [-0.05, 0) is 39.3 Å². The molecule has 7 heteroatoms. The molecular formula is C18H24N4O3. The zero-order valence-corrected chi connectivity index (χ0v) is 15.1. The summed E-state index contributed by atoms with van der Waals surface area (Å²) in [6.07, 6.45) is 0.424. The Morgan fingerprint density at radius 3 is 2.56 bits per heavy atom. The summed E-state index contributed by atoms with van der Waals surface area (Å²) in [6.45, 7) is 6.96. The molecule has 1 N–H and O–H groups in total. The van der Waals surface area contributed by atoms with Crippen LogP contribution in [0.2, 0.25) is 0 Å². The number of hydrogen-bond acceptors (Lipinski definition) is 6. The molecule has 1 aliphatic rings. The van der Waals surface area contributed by atoms with Crippen molar-refractivity contribution < 1.29 is 14.3 Å². The minimum atomic E-state index is -0.505. The van der Waals surface area contributed by atoms with Crippen molar-refractivity contribution in [3.8, 4) is 5.88 Å². The van der Waals surface area contributed by atoms with Gasteiger partial charge in [0.25, 0.3) is 5.88 Å². The molecule has 1 amide bonds. The molecule has 3 rings (SSSR count). The number of carbonyl (C=O) groups excluding carboxylic acids is 1. The molecule has 0 unspecified atom stereocenters. The molecule has 1 aromatic heterocycles. The Bertz CT molecular complexity index is 772. The van der Waals surface area contributed by atoms with Crippen LogP contribution in [0.5, 0.6) is 5.88 Å². The van der Waals surface area contributed by atoms with Crippen LogP contribution < -0.4 is 15.0 Å². The van der Waals surface area contributed by atoms with Gasteiger partial charge >= 0.3 is 6.09 Å². The summed E-state index contributed by atoms with van der Waals surface area (Å²) in [6, 6.07) is 7.70. The summed E-state index contributed by atoms with van der Waals surface area (Å²) in [5.41, 5.74) is 1.11. The molecule has 0 bridgehead atoms. The van der Waals surface area contributed by atoms with Crippen molar-refractivity contribution in [2.45, 2.75) is 38.8 Å². The second kappa shape index (κ2) is 6.74. The number of amides is 1. The highest BCUT2D eigenvalue weighted by Gasteiger charge is 2.29. The number of nitrogens with one attached hydrogen (secondary N) is 1. The fourth-order valence-corrected chi connectivity index (χ4v) is 2.86. The van der Waals surface area contributed by atoms with E-state index in [1.165, 1.54) is 0 Å². The molecule has 7 nitrogen and oxygen atoms in total. The molecule has 0 spiro atoms. The van der Waals surface area contributed by atoms with Gasteiger partial charge in [-0.2, -0.15) is 0 Å². The first-order valence-electron chi connectivity index (χ1n) is 8.41. The number of aromatic nitrogens is 2. The van der Waals surface area contributed by atoms with E-state index in [1.54, 1.807) is 7.11 Å². The second-order valence-corrected chi connectivity index (χ2v) is 7.12. The molecule has 1 aliphatic heterocycles. The zero-order valence-electron chi connectivity index (χ0n) is 15.1. The molecule has 0 saturated carbocycles. The van der Waals surface area contributed by atoms with E-state index in [2.05, 4.69) is 15.2 Å². The van der Waals surface area contributed by atoms with Gasteiger partial charge in [-0.25, -0.2) is 14.8 Å². The van der Waals surface area contributed by atoms with E-state index in [4.69, 9.17) is 14.5 Å². The SMILES string of the molecule is COc1nc2ccccc2nc1N1CC[C@H](NC(=O)OC(C)(C)C)C1. The Kier molecular flexibility index (Phi) is 4.65. The number of rotatable bonds is 3. The third-order valence-corrected chi connectivity index (χ3v) is 3.92. The Morgan fingerprint density at radius 2 is 1.92 bits per heavy atom. The van der Waals surface area contributed by atoms with Crippen molar-refractivity contribution in [1.82, 2.24) is 15.3 Å². The number of carbonyl (C=O) groups is 1. The molecule has 1 fully saturated rings. The molecule has 25 heavy (non-hydrogen) atoms. The van der Waals surface area contributed by atoms with Gasteiger partial charge in [0.15, 0.2) is 5.82 Å². The number of fused-ring (bicyclic) bond motifs is 1. The predicted octanol–water partition coefficient (Wildman–Crippen LogP) is 2.74. The normalized spacial score (nSPS) is 17.6. The first-order valence-corrected chi connectivity index (χ1v) is 8.41. The van der Waals surface area contributed by atoms with Crippen molar-refractivity contribution >= 4 is 22.9 Å². The van der Waals surface area contributed by atoms with E-state index in [-0.39, 0.29) is 6.04 Å². The molecule has 0 aliphatic carbocycles. The number of benzene rings is 1. The summed E-state index contributed by atoms with van der Waals surface area (Å²) in [5, 5.41) is 2.92. The number of hydrogen-bond donors (Lipinski definition) is 1. The zero-order chi connectivity index (χ0) is 18.0. The number of methoxy groups -OCH3 is 1. The molecular weight excluding hydrogens is 320 g/mol. The van der Waals surface area contributed by atoms with E-state index in [0.717, 1.165) is 24.0 Å². The average Bonchev–Trinajstić information content (AvgIpc) is 2.99. The smallest absolute Gasteiger partial charge is 0.407 e. The summed E-state index contributed by atoms with van der Waals surface area (Å²) < 4.78 is 10.7. The van der Waals surface area contributed by atoms with Crippen molar-refractivity contribution in [2.24, 2.45) is 0 Å². The first kappa shape index (κ1) is 17.3. The maximum atomic E-state index is 12.0. The minimum absolute atomic E-state index is 0.00725. The monoisotopic (exact) mass is 344 g/mol. The molecule has 1 aromatic carbocycles. The van der Waals surface area contributed by atoms with Gasteiger partial charge in [0.1, 0.15) is 5.60 Å². The standard InChI is InChI=1S/C18H24N4O3/c1-18(2,3)25-17(23)19-12-9-10-22(11-12)15-16(24-4)21-14-8-6-5-7-13(14)20-15/h5-8,12H,9-11H2,1-4H3,(H,19,23)/t12-/m0/s1. The number of ether oxygens (including phenoxy) is 2. The predicted molar refractivity (Wildman–Crippen MR) is 96.1 cm³/mol. The lowest BCUT2D eigenvalue weighted by atomic mass is 10.2. The molecule has 0 radical (unpaired) electrons. The number of para-hydroxylation sites is 2. The summed E-state index contributed by atoms with van der Waals surface area (Å²) in [4.78, 5) is 23.3. The molecule has 2 aromatic rings. The highest BCUT2D eigenvalue weighted by atomic mass is 16.6. The van der Waals surface area contributed by atoms with Gasteiger partial charge in [0, 0.05) is 13.1 Å². The van der Waals surface area contributed by atoms with Crippen LogP contribution in [0.1, 0.15) is 27.2 Å². The Hall–Kier alpha value is -2.57. The number of alkyl carbamates (subject to hydrolysis) is 1. The highest BCUT2D eigenvalue weighted by Crippen LogP contribution is 2.29. The van der Waals surface area contributed by atoms with Crippen molar-refractivity contribution in [3.05, 3.63) is 24.3 Å². The topological polar surface area (TPSA) is 76.6 Å². The number of nitrogens with zero attached hydrogens (tertiary/aromatic N) is 3. The quantitative estimate of drug-likeness (QED) is 0.923. The van der Waals surface area contributed by atoms with E-state index in [9.17, 15) is 4.79 Å².